The number of hydrogen-bond donors (Lipinski definition) is 3. The molecule has 1 aromatic heterocycles. The first-order valence-corrected chi connectivity index (χ1v) is 21.3. The van der Waals surface area contributed by atoms with E-state index >= 15 is 0 Å². The molecule has 2 heterocycles. The number of nitrogens with zero attached hydrogens (tertiary/aromatic N) is 1. The normalized spacial score (nSPS) is 21.1. The lowest BCUT2D eigenvalue weighted by Gasteiger charge is -2.26. The van der Waals surface area contributed by atoms with E-state index in [2.05, 4.69) is 11.9 Å². The van der Waals surface area contributed by atoms with E-state index in [1.54, 1.807) is 0 Å². The van der Waals surface area contributed by atoms with Crippen LogP contribution in [-0.4, -0.2) is 68.0 Å². The van der Waals surface area contributed by atoms with E-state index in [1.807, 2.05) is 4.49 Å². The summed E-state index contributed by atoms with van der Waals surface area (Å²) in [6.45, 7) is 1.65. The molecule has 3 N–H and O–H groups in total. The van der Waals surface area contributed by atoms with Crippen LogP contribution >= 0.6 is 7.75 Å². The van der Waals surface area contributed by atoms with Gasteiger partial charge in [0.15, 0.2) is 6.23 Å². The van der Waals surface area contributed by atoms with Crippen LogP contribution in [0.5, 0.6) is 0 Å². The van der Waals surface area contributed by atoms with Gasteiger partial charge in [-0.3, -0.25) is 23.4 Å². The van der Waals surface area contributed by atoms with Crippen molar-refractivity contribution in [2.24, 2.45) is 0 Å². The van der Waals surface area contributed by atoms with Crippen molar-refractivity contribution in [3.05, 3.63) is 33.1 Å². The lowest BCUT2D eigenvalue weighted by atomic mass is 10.0. The molecule has 48 heavy (non-hydrogen) atoms. The predicted molar refractivity (Wildman–Crippen MR) is 188 cm³/mol. The molecule has 5 atom stereocenters. The highest BCUT2D eigenvalue weighted by Gasteiger charge is 2.50. The molecule has 15 heteroatoms. The number of aliphatic hydroxyl groups is 1. The van der Waals surface area contributed by atoms with Crippen molar-refractivity contribution in [1.29, 1.82) is 0 Å². The topological polar surface area (TPSA) is 175 Å². The van der Waals surface area contributed by atoms with E-state index in [4.69, 9.17) is 18.5 Å². The molecule has 1 aliphatic heterocycles. The molecule has 1 saturated heterocycles. The van der Waals surface area contributed by atoms with E-state index in [1.165, 1.54) is 110 Å². The average molecular weight is 724 g/mol. The zero-order chi connectivity index (χ0) is 35.3. The zero-order valence-corrected chi connectivity index (χ0v) is 31.2. The maximum atomic E-state index is 13.4. The van der Waals surface area contributed by atoms with E-state index in [0.717, 1.165) is 43.4 Å². The molecule has 2 rings (SSSR count). The molecule has 0 aliphatic carbocycles. The number of unbranched alkanes of at least 4 members (excludes halogenated alkanes) is 19. The first-order chi connectivity index (χ1) is 23.1. The summed E-state index contributed by atoms with van der Waals surface area (Å²) in [6.07, 6.45) is 20.9. The van der Waals surface area contributed by atoms with Crippen molar-refractivity contribution in [2.75, 3.05) is 26.6 Å². The quantitative estimate of drug-likeness (QED) is 0.0626. The van der Waals surface area contributed by atoms with Crippen LogP contribution in [0.1, 0.15) is 142 Å². The number of methoxy groups -OCH3 is 1. The summed E-state index contributed by atoms with van der Waals surface area (Å²) >= 11 is 0. The molecule has 1 aliphatic rings. The Kier molecular flexibility index (Phi) is 21.3. The van der Waals surface area contributed by atoms with Crippen LogP contribution in [0.4, 0.5) is 0 Å². The van der Waals surface area contributed by atoms with Crippen molar-refractivity contribution < 1.29 is 36.6 Å². The molecule has 2 unspecified atom stereocenters. The number of H-pyrrole nitrogens is 1. The van der Waals surface area contributed by atoms with Crippen LogP contribution in [-0.2, 0) is 33.1 Å². The van der Waals surface area contributed by atoms with Gasteiger partial charge in [-0.25, -0.2) is 17.8 Å². The lowest BCUT2D eigenvalue weighted by molar-refractivity contribution is -0.0625. The number of nitrogens with one attached hydrogen (secondary N) is 2. The number of ether oxygens (including phenoxy) is 2. The lowest BCUT2D eigenvalue weighted by Crippen LogP contribution is -2.41. The number of aromatic amines is 1. The second-order valence-corrected chi connectivity index (χ2v) is 16.8. The minimum absolute atomic E-state index is 0.254. The first-order valence-electron chi connectivity index (χ1n) is 18.1. The van der Waals surface area contributed by atoms with Crippen LogP contribution in [0.15, 0.2) is 21.9 Å². The van der Waals surface area contributed by atoms with Gasteiger partial charge in [-0.2, -0.15) is 0 Å². The van der Waals surface area contributed by atoms with Crippen molar-refractivity contribution >= 4 is 17.8 Å². The summed E-state index contributed by atoms with van der Waals surface area (Å²) in [4.78, 5) is 25.9. The van der Waals surface area contributed by atoms with E-state index in [-0.39, 0.29) is 5.75 Å². The SMILES string of the molecule is CCCCCCCCCCCCCCCCCCCCCCS(=O)(=O)NP(=O)(OC)O[C@@H]1C(OC)[C@H](n2ccc(=O)[nH]c2=O)O[C@@H]1CO. The summed E-state index contributed by atoms with van der Waals surface area (Å²) in [6, 6.07) is 1.11. The maximum absolute atomic E-state index is 13.4. The third-order valence-electron chi connectivity index (χ3n) is 8.88. The maximum Gasteiger partial charge on any atom is 0.419 e. The van der Waals surface area contributed by atoms with Gasteiger partial charge < -0.3 is 14.6 Å². The van der Waals surface area contributed by atoms with Crippen LogP contribution in [0.2, 0.25) is 0 Å². The van der Waals surface area contributed by atoms with E-state index in [9.17, 15) is 27.7 Å². The fourth-order valence-electron chi connectivity index (χ4n) is 6.11. The molecule has 13 nitrogen and oxygen atoms in total. The minimum atomic E-state index is -4.46. The fraction of sp³-hybridized carbons (Fsp3) is 0.879. The molecule has 0 saturated carbocycles. The van der Waals surface area contributed by atoms with Gasteiger partial charge in [-0.1, -0.05) is 129 Å². The van der Waals surface area contributed by atoms with Crippen molar-refractivity contribution in [1.82, 2.24) is 14.0 Å². The van der Waals surface area contributed by atoms with Gasteiger partial charge in [0.1, 0.15) is 18.3 Å². The highest BCUT2D eigenvalue weighted by molar-refractivity contribution is 7.94. The van der Waals surface area contributed by atoms with Crippen molar-refractivity contribution in [3.63, 3.8) is 0 Å². The Morgan fingerprint density at radius 3 is 1.73 bits per heavy atom. The highest BCUT2D eigenvalue weighted by Crippen LogP contribution is 2.49. The summed E-state index contributed by atoms with van der Waals surface area (Å²) in [5, 5.41) is 9.89. The standard InChI is InChI=1S/C33H62N3O10PS/c1-4-5-6-7-8-9-10-11-12-13-14-15-16-17-18-19-20-21-22-23-26-48(41,42)35-47(40,44-3)46-30-28(27-37)45-32(31(30)43-2)36-25-24-29(38)34-33(36)39/h24-25,28,30-32,37H,4-23,26-27H2,1-3H3,(H,35,40)(H,34,38,39)/t28-,30+,31?,32-,47?/m1/s1. The minimum Gasteiger partial charge on any atom is -0.394 e. The fourth-order valence-corrected chi connectivity index (χ4v) is 9.55. The third kappa shape index (κ3) is 16.1. The van der Waals surface area contributed by atoms with Gasteiger partial charge in [-0.15, -0.1) is 4.49 Å². The van der Waals surface area contributed by atoms with Gasteiger partial charge in [0.25, 0.3) is 5.56 Å². The summed E-state index contributed by atoms with van der Waals surface area (Å²) in [5.74, 6) is -0.254. The first kappa shape index (κ1) is 42.8. The van der Waals surface area contributed by atoms with Crippen LogP contribution < -0.4 is 15.7 Å². The molecular formula is C33H62N3O10PS. The smallest absolute Gasteiger partial charge is 0.394 e. The second kappa shape index (κ2) is 23.9. The Morgan fingerprint density at radius 2 is 1.31 bits per heavy atom. The van der Waals surface area contributed by atoms with Gasteiger partial charge in [0.2, 0.25) is 10.0 Å². The zero-order valence-electron chi connectivity index (χ0n) is 29.4. The Balaban J connectivity index is 1.62. The van der Waals surface area contributed by atoms with Crippen molar-refractivity contribution in [3.8, 4) is 0 Å². The number of aliphatic hydroxyl groups excluding tert-OH is 1. The monoisotopic (exact) mass is 723 g/mol. The van der Waals surface area contributed by atoms with Crippen LogP contribution in [0, 0.1) is 0 Å². The second-order valence-electron chi connectivity index (χ2n) is 12.8. The van der Waals surface area contributed by atoms with Crippen LogP contribution in [0.3, 0.4) is 0 Å². The molecular weight excluding hydrogens is 661 g/mol. The predicted octanol–water partition coefficient (Wildman–Crippen LogP) is 6.32. The Bertz CT molecular complexity index is 1270. The Labute approximate surface area is 287 Å². The number of aromatic nitrogens is 2. The summed E-state index contributed by atoms with van der Waals surface area (Å²) in [7, 11) is -6.18. The Hall–Kier alpha value is -1.38. The molecule has 0 bridgehead atoms. The van der Waals surface area contributed by atoms with Gasteiger partial charge in [0.05, 0.1) is 12.4 Å². The highest BCUT2D eigenvalue weighted by atomic mass is 32.2. The average Bonchev–Trinajstić information content (AvgIpc) is 3.39. The summed E-state index contributed by atoms with van der Waals surface area (Å²) in [5.41, 5.74) is -1.41. The molecule has 280 valence electrons. The van der Waals surface area contributed by atoms with Gasteiger partial charge >= 0.3 is 13.4 Å². The molecule has 0 radical (unpaired) electrons. The molecule has 0 amide bonds. The molecule has 0 spiro atoms. The van der Waals surface area contributed by atoms with Gasteiger partial charge in [-0.05, 0) is 6.42 Å². The Morgan fingerprint density at radius 1 is 0.833 bits per heavy atom. The largest absolute Gasteiger partial charge is 0.419 e. The number of rotatable bonds is 29. The van der Waals surface area contributed by atoms with E-state index in [0.29, 0.717) is 6.42 Å². The number of sulfonamides is 1. The van der Waals surface area contributed by atoms with Crippen molar-refractivity contribution in [2.45, 2.75) is 160 Å². The third-order valence-corrected chi connectivity index (χ3v) is 12.7. The molecule has 0 aromatic carbocycles. The van der Waals surface area contributed by atoms with Crippen LogP contribution in [0.25, 0.3) is 0 Å². The molecule has 1 aromatic rings. The number of hydrogen-bond acceptors (Lipinski definition) is 10. The summed E-state index contributed by atoms with van der Waals surface area (Å²) < 4.78 is 63.8. The molecule has 1 fully saturated rings. The van der Waals surface area contributed by atoms with E-state index < -0.39 is 60.2 Å². The van der Waals surface area contributed by atoms with Gasteiger partial charge in [0, 0.05) is 26.5 Å².